The average molecular weight is 310 g/mol. The summed E-state index contributed by atoms with van der Waals surface area (Å²) in [7, 11) is 0. The number of hydrogen-bond acceptors (Lipinski definition) is 5. The molecule has 2 rings (SSSR count). The maximum absolute atomic E-state index is 12.2. The van der Waals surface area contributed by atoms with Crippen LogP contribution in [-0.4, -0.2) is 48.0 Å². The first-order valence-corrected chi connectivity index (χ1v) is 8.73. The minimum absolute atomic E-state index is 0.0402. The van der Waals surface area contributed by atoms with Crippen LogP contribution < -0.4 is 10.6 Å². The summed E-state index contributed by atoms with van der Waals surface area (Å²) in [6, 6.07) is 0.539. The van der Waals surface area contributed by atoms with E-state index >= 15 is 0 Å². The van der Waals surface area contributed by atoms with Gasteiger partial charge in [0.2, 0.25) is 5.91 Å². The van der Waals surface area contributed by atoms with E-state index in [4.69, 9.17) is 0 Å². The number of unbranched alkanes of at least 4 members (excludes halogenated alkanes) is 1. The number of thiazole rings is 1. The van der Waals surface area contributed by atoms with Crippen LogP contribution in [0, 0.1) is 6.92 Å². The van der Waals surface area contributed by atoms with Crippen LogP contribution in [-0.2, 0) is 4.79 Å². The molecular formula is C15H26N4OS. The predicted octanol–water partition coefficient (Wildman–Crippen LogP) is 2.24. The van der Waals surface area contributed by atoms with E-state index in [-0.39, 0.29) is 5.91 Å². The number of nitrogens with zero attached hydrogens (tertiary/aromatic N) is 2. The van der Waals surface area contributed by atoms with Crippen LogP contribution in [0.2, 0.25) is 0 Å². The van der Waals surface area contributed by atoms with E-state index in [0.717, 1.165) is 38.2 Å². The maximum Gasteiger partial charge on any atom is 0.240 e. The zero-order chi connectivity index (χ0) is 15.1. The molecule has 5 nitrogen and oxygen atoms in total. The number of anilines is 1. The molecule has 0 bridgehead atoms. The molecule has 1 aliphatic heterocycles. The van der Waals surface area contributed by atoms with Gasteiger partial charge in [-0.25, -0.2) is 4.98 Å². The monoisotopic (exact) mass is 310 g/mol. The van der Waals surface area contributed by atoms with Crippen LogP contribution in [0.1, 0.15) is 38.3 Å². The number of hydrogen-bond donors (Lipinski definition) is 2. The molecule has 1 aromatic rings. The fourth-order valence-corrected chi connectivity index (χ4v) is 3.32. The summed E-state index contributed by atoms with van der Waals surface area (Å²) in [5.41, 5.74) is 0.952. The zero-order valence-electron chi connectivity index (χ0n) is 13.0. The molecule has 1 aromatic heterocycles. The minimum atomic E-state index is 0.0402. The van der Waals surface area contributed by atoms with Gasteiger partial charge in [-0.2, -0.15) is 0 Å². The summed E-state index contributed by atoms with van der Waals surface area (Å²) >= 11 is 1.48. The van der Waals surface area contributed by atoms with Crippen LogP contribution in [0.15, 0.2) is 5.38 Å². The van der Waals surface area contributed by atoms with Crippen LogP contribution >= 0.6 is 11.3 Å². The van der Waals surface area contributed by atoms with Gasteiger partial charge in [-0.1, -0.05) is 13.3 Å². The standard InChI is InChI=1S/C15H26N4OS/c1-3-4-8-19(9-13-6-5-7-16-13)10-14(20)18-15-17-12(2)11-21-15/h11,13,16H,3-10H2,1-2H3,(H,17,18,20). The first kappa shape index (κ1) is 16.4. The molecule has 0 radical (unpaired) electrons. The third-order valence-electron chi connectivity index (χ3n) is 3.70. The van der Waals surface area contributed by atoms with Crippen molar-refractivity contribution in [2.75, 3.05) is 31.5 Å². The fraction of sp³-hybridized carbons (Fsp3) is 0.733. The Morgan fingerprint density at radius 3 is 3.10 bits per heavy atom. The molecule has 0 saturated carbocycles. The van der Waals surface area contributed by atoms with Crippen molar-refractivity contribution >= 4 is 22.4 Å². The first-order valence-electron chi connectivity index (χ1n) is 7.85. The van der Waals surface area contributed by atoms with Gasteiger partial charge in [0.25, 0.3) is 0 Å². The van der Waals surface area contributed by atoms with Gasteiger partial charge >= 0.3 is 0 Å². The Labute approximate surface area is 131 Å². The molecule has 0 aliphatic carbocycles. The Hall–Kier alpha value is -0.980. The molecule has 1 amide bonds. The lowest BCUT2D eigenvalue weighted by atomic mass is 10.2. The molecule has 0 spiro atoms. The van der Waals surface area contributed by atoms with Crippen molar-refractivity contribution in [2.45, 2.75) is 45.6 Å². The van der Waals surface area contributed by atoms with E-state index in [1.807, 2.05) is 12.3 Å². The third-order valence-corrected chi connectivity index (χ3v) is 4.58. The minimum Gasteiger partial charge on any atom is -0.313 e. The fourth-order valence-electron chi connectivity index (χ4n) is 2.61. The predicted molar refractivity (Wildman–Crippen MR) is 87.9 cm³/mol. The third kappa shape index (κ3) is 5.73. The van der Waals surface area contributed by atoms with Crippen molar-refractivity contribution in [1.82, 2.24) is 15.2 Å². The van der Waals surface area contributed by atoms with Gasteiger partial charge < -0.3 is 10.6 Å². The average Bonchev–Trinajstić information content (AvgIpc) is 3.08. The highest BCUT2D eigenvalue weighted by Crippen LogP contribution is 2.14. The normalized spacial score (nSPS) is 18.3. The van der Waals surface area contributed by atoms with Crippen LogP contribution in [0.25, 0.3) is 0 Å². The van der Waals surface area contributed by atoms with Crippen molar-refractivity contribution in [3.8, 4) is 0 Å². The number of nitrogens with one attached hydrogen (secondary N) is 2. The second-order valence-electron chi connectivity index (χ2n) is 5.72. The van der Waals surface area contributed by atoms with E-state index in [0.29, 0.717) is 17.7 Å². The SMILES string of the molecule is CCCCN(CC(=O)Nc1nc(C)cs1)CC1CCCN1. The Kier molecular flexibility index (Phi) is 6.60. The highest BCUT2D eigenvalue weighted by atomic mass is 32.1. The Morgan fingerprint density at radius 2 is 2.48 bits per heavy atom. The topological polar surface area (TPSA) is 57.3 Å². The van der Waals surface area contributed by atoms with Crippen molar-refractivity contribution in [3.63, 3.8) is 0 Å². The highest BCUT2D eigenvalue weighted by molar-refractivity contribution is 7.13. The van der Waals surface area contributed by atoms with Crippen molar-refractivity contribution in [2.24, 2.45) is 0 Å². The summed E-state index contributed by atoms with van der Waals surface area (Å²) in [4.78, 5) is 18.7. The summed E-state index contributed by atoms with van der Waals surface area (Å²) in [5.74, 6) is 0.0402. The summed E-state index contributed by atoms with van der Waals surface area (Å²) in [6.45, 7) is 7.63. The maximum atomic E-state index is 12.2. The lowest BCUT2D eigenvalue weighted by Gasteiger charge is -2.24. The summed E-state index contributed by atoms with van der Waals surface area (Å²) in [5, 5.41) is 9.06. The Morgan fingerprint density at radius 1 is 1.62 bits per heavy atom. The second kappa shape index (κ2) is 8.46. The number of carbonyl (C=O) groups excluding carboxylic acids is 1. The molecule has 21 heavy (non-hydrogen) atoms. The van der Waals surface area contributed by atoms with Crippen molar-refractivity contribution in [3.05, 3.63) is 11.1 Å². The number of aromatic nitrogens is 1. The lowest BCUT2D eigenvalue weighted by molar-refractivity contribution is -0.117. The Balaban J connectivity index is 1.82. The second-order valence-corrected chi connectivity index (χ2v) is 6.58. The van der Waals surface area contributed by atoms with Gasteiger partial charge in [0, 0.05) is 18.0 Å². The molecule has 6 heteroatoms. The van der Waals surface area contributed by atoms with E-state index < -0.39 is 0 Å². The molecule has 1 atom stereocenters. The van der Waals surface area contributed by atoms with E-state index in [1.165, 1.54) is 24.2 Å². The molecule has 1 fully saturated rings. The van der Waals surface area contributed by atoms with Gasteiger partial charge in [-0.15, -0.1) is 11.3 Å². The largest absolute Gasteiger partial charge is 0.313 e. The van der Waals surface area contributed by atoms with Gasteiger partial charge in [-0.05, 0) is 39.3 Å². The van der Waals surface area contributed by atoms with Crippen LogP contribution in [0.4, 0.5) is 5.13 Å². The van der Waals surface area contributed by atoms with E-state index in [2.05, 4.69) is 27.4 Å². The Bertz CT molecular complexity index is 443. The quantitative estimate of drug-likeness (QED) is 0.773. The molecule has 2 N–H and O–H groups in total. The lowest BCUT2D eigenvalue weighted by Crippen LogP contribution is -2.42. The van der Waals surface area contributed by atoms with Gasteiger partial charge in [-0.3, -0.25) is 9.69 Å². The molecule has 2 heterocycles. The zero-order valence-corrected chi connectivity index (χ0v) is 13.8. The van der Waals surface area contributed by atoms with Gasteiger partial charge in [0.05, 0.1) is 12.2 Å². The number of carbonyl (C=O) groups is 1. The smallest absolute Gasteiger partial charge is 0.240 e. The molecule has 118 valence electrons. The summed E-state index contributed by atoms with van der Waals surface area (Å²) in [6.07, 6.45) is 4.76. The van der Waals surface area contributed by atoms with Gasteiger partial charge in [0.15, 0.2) is 5.13 Å². The number of amides is 1. The van der Waals surface area contributed by atoms with E-state index in [1.54, 1.807) is 0 Å². The first-order chi connectivity index (χ1) is 10.2. The number of aryl methyl sites for hydroxylation is 1. The molecule has 0 aromatic carbocycles. The molecule has 1 saturated heterocycles. The van der Waals surface area contributed by atoms with Crippen molar-refractivity contribution in [1.29, 1.82) is 0 Å². The van der Waals surface area contributed by atoms with Gasteiger partial charge in [0.1, 0.15) is 0 Å². The highest BCUT2D eigenvalue weighted by Gasteiger charge is 2.19. The van der Waals surface area contributed by atoms with E-state index in [9.17, 15) is 4.79 Å². The van der Waals surface area contributed by atoms with Crippen LogP contribution in [0.3, 0.4) is 0 Å². The summed E-state index contributed by atoms with van der Waals surface area (Å²) < 4.78 is 0. The molecule has 1 aliphatic rings. The molecule has 1 unspecified atom stereocenters. The number of rotatable bonds is 8. The molecular weight excluding hydrogens is 284 g/mol. The van der Waals surface area contributed by atoms with Crippen LogP contribution in [0.5, 0.6) is 0 Å². The van der Waals surface area contributed by atoms with Crippen molar-refractivity contribution < 1.29 is 4.79 Å².